The van der Waals surface area contributed by atoms with Crippen LogP contribution in [0, 0.1) is 5.82 Å². The third kappa shape index (κ3) is 2.87. The van der Waals surface area contributed by atoms with E-state index in [4.69, 9.17) is 4.74 Å². The maximum atomic E-state index is 13.1. The van der Waals surface area contributed by atoms with Gasteiger partial charge < -0.3 is 9.84 Å². The molecule has 2 rings (SSSR count). The van der Waals surface area contributed by atoms with E-state index in [0.717, 1.165) is 0 Å². The van der Waals surface area contributed by atoms with Crippen molar-refractivity contribution < 1.29 is 14.2 Å². The van der Waals surface area contributed by atoms with Crippen LogP contribution in [-0.2, 0) is 0 Å². The summed E-state index contributed by atoms with van der Waals surface area (Å²) in [5.74, 6) is 0.629. The molecule has 1 atom stereocenters. The summed E-state index contributed by atoms with van der Waals surface area (Å²) in [6.07, 6.45) is 0.0264. The minimum absolute atomic E-state index is 0.346. The van der Waals surface area contributed by atoms with E-state index in [1.807, 2.05) is 25.1 Å². The van der Waals surface area contributed by atoms with Crippen molar-refractivity contribution in [3.8, 4) is 11.5 Å². The van der Waals surface area contributed by atoms with Gasteiger partial charge in [0.2, 0.25) is 0 Å². The van der Waals surface area contributed by atoms with Crippen LogP contribution in [0.4, 0.5) is 4.39 Å². The lowest BCUT2D eigenvalue weighted by atomic mass is 10.1. The molecule has 2 nitrogen and oxygen atoms in total. The summed E-state index contributed by atoms with van der Waals surface area (Å²) in [5, 5.41) is 9.89. The van der Waals surface area contributed by atoms with Gasteiger partial charge in [0.1, 0.15) is 17.3 Å². The van der Waals surface area contributed by atoms with Gasteiger partial charge in [-0.05, 0) is 24.6 Å². The number of aliphatic hydroxyl groups excluding tert-OH is 1. The maximum Gasteiger partial charge on any atom is 0.133 e. The number of hydrogen-bond acceptors (Lipinski definition) is 2. The molecule has 0 aromatic heterocycles. The molecule has 2 aromatic rings. The molecule has 0 saturated heterocycles. The molecule has 0 bridgehead atoms. The summed E-state index contributed by atoms with van der Waals surface area (Å²) in [7, 11) is 0. The lowest BCUT2D eigenvalue weighted by Gasteiger charge is -2.14. The van der Waals surface area contributed by atoms with Gasteiger partial charge in [-0.1, -0.05) is 31.2 Å². The zero-order chi connectivity index (χ0) is 13.0. The largest absolute Gasteiger partial charge is 0.457 e. The number of hydrogen-bond donors (Lipinski definition) is 1. The van der Waals surface area contributed by atoms with Crippen LogP contribution < -0.4 is 4.74 Å². The predicted molar refractivity (Wildman–Crippen MR) is 68.2 cm³/mol. The number of ether oxygens (including phenoxy) is 1. The van der Waals surface area contributed by atoms with Crippen LogP contribution in [0.3, 0.4) is 0 Å². The molecule has 2 aromatic carbocycles. The minimum Gasteiger partial charge on any atom is -0.457 e. The van der Waals surface area contributed by atoms with Gasteiger partial charge in [0, 0.05) is 11.6 Å². The molecule has 1 unspecified atom stereocenters. The first-order valence-electron chi connectivity index (χ1n) is 5.91. The first kappa shape index (κ1) is 12.6. The fourth-order valence-corrected chi connectivity index (χ4v) is 1.73. The second-order valence-electron chi connectivity index (χ2n) is 4.02. The molecule has 0 aliphatic carbocycles. The third-order valence-electron chi connectivity index (χ3n) is 2.69. The molecular weight excluding hydrogens is 231 g/mol. The van der Waals surface area contributed by atoms with E-state index in [0.29, 0.717) is 23.5 Å². The molecule has 0 heterocycles. The normalized spacial score (nSPS) is 12.2. The maximum absolute atomic E-state index is 13.1. The molecule has 18 heavy (non-hydrogen) atoms. The molecule has 0 aliphatic rings. The smallest absolute Gasteiger partial charge is 0.133 e. The Morgan fingerprint density at radius 1 is 1.17 bits per heavy atom. The summed E-state index contributed by atoms with van der Waals surface area (Å²) in [6.45, 7) is 1.89. The lowest BCUT2D eigenvalue weighted by molar-refractivity contribution is 0.170. The van der Waals surface area contributed by atoms with E-state index >= 15 is 0 Å². The number of benzene rings is 2. The SMILES string of the molecule is CCC(O)c1ccccc1Oc1cccc(F)c1. The molecule has 0 radical (unpaired) electrons. The monoisotopic (exact) mass is 246 g/mol. The van der Waals surface area contributed by atoms with E-state index in [9.17, 15) is 9.50 Å². The van der Waals surface area contributed by atoms with Crippen molar-refractivity contribution >= 4 is 0 Å². The predicted octanol–water partition coefficient (Wildman–Crippen LogP) is 4.06. The topological polar surface area (TPSA) is 29.5 Å². The van der Waals surface area contributed by atoms with Crippen molar-refractivity contribution in [1.82, 2.24) is 0 Å². The summed E-state index contributed by atoms with van der Waals surface area (Å²) < 4.78 is 18.7. The van der Waals surface area contributed by atoms with Crippen LogP contribution in [0.1, 0.15) is 25.0 Å². The van der Waals surface area contributed by atoms with Gasteiger partial charge >= 0.3 is 0 Å². The van der Waals surface area contributed by atoms with E-state index < -0.39 is 6.10 Å². The molecule has 94 valence electrons. The molecule has 0 amide bonds. The van der Waals surface area contributed by atoms with Gasteiger partial charge in [-0.15, -0.1) is 0 Å². The van der Waals surface area contributed by atoms with Crippen LogP contribution in [0.2, 0.25) is 0 Å². The Bertz CT molecular complexity index is 525. The fraction of sp³-hybridized carbons (Fsp3) is 0.200. The highest BCUT2D eigenvalue weighted by molar-refractivity contribution is 5.39. The quantitative estimate of drug-likeness (QED) is 0.881. The Labute approximate surface area is 106 Å². The molecule has 0 aliphatic heterocycles. The molecule has 0 saturated carbocycles. The van der Waals surface area contributed by atoms with Gasteiger partial charge in [-0.2, -0.15) is 0 Å². The van der Waals surface area contributed by atoms with Crippen LogP contribution in [-0.4, -0.2) is 5.11 Å². The van der Waals surface area contributed by atoms with Gasteiger partial charge in [0.05, 0.1) is 6.10 Å². The molecular formula is C15H15FO2. The Morgan fingerprint density at radius 2 is 1.94 bits per heavy atom. The lowest BCUT2D eigenvalue weighted by Crippen LogP contribution is -1.98. The van der Waals surface area contributed by atoms with Crippen molar-refractivity contribution in [3.05, 3.63) is 59.9 Å². The first-order valence-corrected chi connectivity index (χ1v) is 5.91. The second kappa shape index (κ2) is 5.65. The summed E-state index contributed by atoms with van der Waals surface area (Å²) in [4.78, 5) is 0. The highest BCUT2D eigenvalue weighted by Gasteiger charge is 2.11. The van der Waals surface area contributed by atoms with Crippen molar-refractivity contribution in [3.63, 3.8) is 0 Å². The number of para-hydroxylation sites is 1. The van der Waals surface area contributed by atoms with Crippen LogP contribution in [0.5, 0.6) is 11.5 Å². The van der Waals surface area contributed by atoms with Gasteiger partial charge in [0.25, 0.3) is 0 Å². The Hall–Kier alpha value is -1.87. The van der Waals surface area contributed by atoms with Crippen molar-refractivity contribution in [1.29, 1.82) is 0 Å². The average Bonchev–Trinajstić information content (AvgIpc) is 2.38. The first-order chi connectivity index (χ1) is 8.70. The summed E-state index contributed by atoms with van der Waals surface area (Å²) in [5.41, 5.74) is 0.712. The molecule has 1 N–H and O–H groups in total. The van der Waals surface area contributed by atoms with Crippen molar-refractivity contribution in [2.24, 2.45) is 0 Å². The summed E-state index contributed by atoms with van der Waals surface area (Å²) in [6, 6.07) is 13.2. The minimum atomic E-state index is -0.574. The van der Waals surface area contributed by atoms with E-state index in [2.05, 4.69) is 0 Å². The van der Waals surface area contributed by atoms with Crippen molar-refractivity contribution in [2.45, 2.75) is 19.4 Å². The Balaban J connectivity index is 2.29. The third-order valence-corrected chi connectivity index (χ3v) is 2.69. The molecule has 0 fully saturated rings. The highest BCUT2D eigenvalue weighted by Crippen LogP contribution is 2.30. The second-order valence-corrected chi connectivity index (χ2v) is 4.02. The van der Waals surface area contributed by atoms with Gasteiger partial charge in [0.15, 0.2) is 0 Å². The summed E-state index contributed by atoms with van der Waals surface area (Å²) >= 11 is 0. The van der Waals surface area contributed by atoms with Crippen LogP contribution in [0.15, 0.2) is 48.5 Å². The van der Waals surface area contributed by atoms with E-state index in [1.54, 1.807) is 18.2 Å². The number of halogens is 1. The molecule has 0 spiro atoms. The van der Waals surface area contributed by atoms with Gasteiger partial charge in [-0.3, -0.25) is 0 Å². The van der Waals surface area contributed by atoms with Crippen molar-refractivity contribution in [2.75, 3.05) is 0 Å². The Kier molecular flexibility index (Phi) is 3.95. The fourth-order valence-electron chi connectivity index (χ4n) is 1.73. The highest BCUT2D eigenvalue weighted by atomic mass is 19.1. The van der Waals surface area contributed by atoms with Gasteiger partial charge in [-0.25, -0.2) is 4.39 Å². The zero-order valence-electron chi connectivity index (χ0n) is 10.1. The Morgan fingerprint density at radius 3 is 2.67 bits per heavy atom. The molecule has 3 heteroatoms. The average molecular weight is 246 g/mol. The number of aliphatic hydroxyl groups is 1. The van der Waals surface area contributed by atoms with Crippen LogP contribution >= 0.6 is 0 Å². The zero-order valence-corrected chi connectivity index (χ0v) is 10.1. The van der Waals surface area contributed by atoms with Crippen LogP contribution in [0.25, 0.3) is 0 Å². The van der Waals surface area contributed by atoms with E-state index in [1.165, 1.54) is 12.1 Å². The number of rotatable bonds is 4. The van der Waals surface area contributed by atoms with E-state index in [-0.39, 0.29) is 5.82 Å². The standard InChI is InChI=1S/C15H15FO2/c1-2-14(17)13-8-3-4-9-15(13)18-12-7-5-6-11(16)10-12/h3-10,14,17H,2H2,1H3.